The van der Waals surface area contributed by atoms with E-state index in [1.54, 1.807) is 11.5 Å². The van der Waals surface area contributed by atoms with Crippen LogP contribution in [0.5, 0.6) is 0 Å². The number of halogens is 1. The fourth-order valence-electron chi connectivity index (χ4n) is 2.39. The van der Waals surface area contributed by atoms with E-state index in [9.17, 15) is 0 Å². The van der Waals surface area contributed by atoms with E-state index in [-0.39, 0.29) is 0 Å². The van der Waals surface area contributed by atoms with Gasteiger partial charge in [0.25, 0.3) is 0 Å². The third-order valence-corrected chi connectivity index (χ3v) is 4.86. The lowest BCUT2D eigenvalue weighted by Gasteiger charge is -2.31. The molecule has 1 fully saturated rings. The average molecular weight is 267 g/mol. The van der Waals surface area contributed by atoms with Crippen molar-refractivity contribution in [1.29, 1.82) is 0 Å². The van der Waals surface area contributed by atoms with E-state index in [0.29, 0.717) is 5.92 Å². The van der Waals surface area contributed by atoms with E-state index < -0.39 is 0 Å². The molecule has 0 radical (unpaired) electrons. The van der Waals surface area contributed by atoms with Crippen molar-refractivity contribution in [2.24, 2.45) is 5.92 Å². The van der Waals surface area contributed by atoms with Crippen LogP contribution < -0.4 is 4.90 Å². The maximum absolute atomic E-state index is 5.92. The summed E-state index contributed by atoms with van der Waals surface area (Å²) in [4.78, 5) is 2.46. The lowest BCUT2D eigenvalue weighted by Crippen LogP contribution is -2.33. The second-order valence-corrected chi connectivity index (χ2v) is 5.65. The van der Waals surface area contributed by atoms with Crippen LogP contribution in [0, 0.1) is 5.92 Å². The van der Waals surface area contributed by atoms with Gasteiger partial charge in [0.15, 0.2) is 0 Å². The molecule has 0 N–H and O–H groups in total. The molecule has 2 aromatic rings. The van der Waals surface area contributed by atoms with Crippen molar-refractivity contribution < 1.29 is 0 Å². The predicted molar refractivity (Wildman–Crippen MR) is 75.3 cm³/mol. The summed E-state index contributed by atoms with van der Waals surface area (Å²) in [7, 11) is 0. The summed E-state index contributed by atoms with van der Waals surface area (Å²) in [6, 6.07) is 8.39. The Morgan fingerprint density at radius 1 is 1.29 bits per heavy atom. The summed E-state index contributed by atoms with van der Waals surface area (Å²) in [6.07, 6.45) is 2.41. The molecule has 1 aromatic carbocycles. The normalized spacial score (nSPS) is 17.8. The van der Waals surface area contributed by atoms with Gasteiger partial charge < -0.3 is 4.90 Å². The van der Waals surface area contributed by atoms with Crippen molar-refractivity contribution in [3.8, 4) is 0 Å². The Labute approximate surface area is 110 Å². The lowest BCUT2D eigenvalue weighted by atomic mass is 9.99. The molecule has 0 amide bonds. The fourth-order valence-corrected chi connectivity index (χ4v) is 3.62. The van der Waals surface area contributed by atoms with Gasteiger partial charge in [-0.2, -0.15) is 4.37 Å². The number of nitrogens with zero attached hydrogens (tertiary/aromatic N) is 2. The van der Waals surface area contributed by atoms with Crippen LogP contribution in [0.15, 0.2) is 24.3 Å². The first-order chi connectivity index (χ1) is 8.38. The zero-order chi connectivity index (χ0) is 11.7. The molecule has 2 heterocycles. The quantitative estimate of drug-likeness (QED) is 0.770. The summed E-state index contributed by atoms with van der Waals surface area (Å²) in [5.74, 6) is 1.50. The summed E-state index contributed by atoms with van der Waals surface area (Å²) < 4.78 is 4.51. The summed E-state index contributed by atoms with van der Waals surface area (Å²) in [5, 5.41) is 2.62. The highest BCUT2D eigenvalue weighted by Gasteiger charge is 2.21. The summed E-state index contributed by atoms with van der Waals surface area (Å²) in [5.41, 5.74) is 1.12. The molecule has 90 valence electrons. The van der Waals surface area contributed by atoms with Crippen LogP contribution in [-0.4, -0.2) is 23.3 Å². The minimum absolute atomic E-state index is 0.701. The molecule has 0 spiro atoms. The molecule has 2 nitrogen and oxygen atoms in total. The number of aromatic nitrogens is 1. The Morgan fingerprint density at radius 3 is 2.82 bits per heavy atom. The van der Waals surface area contributed by atoms with Crippen molar-refractivity contribution in [1.82, 2.24) is 4.37 Å². The Hall–Kier alpha value is -0.800. The van der Waals surface area contributed by atoms with Crippen molar-refractivity contribution >= 4 is 39.0 Å². The molecular weight excluding hydrogens is 252 g/mol. The van der Waals surface area contributed by atoms with Crippen molar-refractivity contribution in [3.05, 3.63) is 24.3 Å². The standard InChI is InChI=1S/C13H15ClN2S/c14-9-10-5-7-16(8-6-10)13-11-3-1-2-4-12(11)15-17-13/h1-4,10H,5-9H2. The first-order valence-corrected chi connectivity index (χ1v) is 7.34. The van der Waals surface area contributed by atoms with Crippen molar-refractivity contribution in [2.75, 3.05) is 23.9 Å². The summed E-state index contributed by atoms with van der Waals surface area (Å²) in [6.45, 7) is 2.23. The number of benzene rings is 1. The van der Waals surface area contributed by atoms with E-state index in [0.717, 1.165) is 24.5 Å². The molecule has 4 heteroatoms. The zero-order valence-electron chi connectivity index (χ0n) is 9.60. The van der Waals surface area contributed by atoms with E-state index >= 15 is 0 Å². The number of alkyl halides is 1. The van der Waals surface area contributed by atoms with E-state index in [4.69, 9.17) is 11.6 Å². The van der Waals surface area contributed by atoms with E-state index in [1.165, 1.54) is 23.2 Å². The van der Waals surface area contributed by atoms with Gasteiger partial charge in [0.2, 0.25) is 0 Å². The maximum Gasteiger partial charge on any atom is 0.119 e. The van der Waals surface area contributed by atoms with Crippen LogP contribution in [0.25, 0.3) is 10.9 Å². The fraction of sp³-hybridized carbons (Fsp3) is 0.462. The Morgan fingerprint density at radius 2 is 2.06 bits per heavy atom. The minimum atomic E-state index is 0.701. The highest BCUT2D eigenvalue weighted by Crippen LogP contribution is 2.33. The van der Waals surface area contributed by atoms with Gasteiger partial charge in [-0.15, -0.1) is 11.6 Å². The number of anilines is 1. The smallest absolute Gasteiger partial charge is 0.119 e. The first-order valence-electron chi connectivity index (χ1n) is 6.04. The SMILES string of the molecule is ClCC1CCN(c2snc3ccccc23)CC1. The van der Waals surface area contributed by atoms with Gasteiger partial charge in [0.1, 0.15) is 5.00 Å². The second kappa shape index (κ2) is 4.83. The number of piperidine rings is 1. The number of hydrogen-bond donors (Lipinski definition) is 0. The second-order valence-electron chi connectivity index (χ2n) is 4.59. The van der Waals surface area contributed by atoms with Gasteiger partial charge in [0, 0.05) is 24.4 Å². The first kappa shape index (κ1) is 11.3. The molecule has 1 aliphatic heterocycles. The topological polar surface area (TPSA) is 16.1 Å². The molecule has 1 saturated heterocycles. The Bertz CT molecular complexity index is 503. The third kappa shape index (κ3) is 2.14. The van der Waals surface area contributed by atoms with Crippen LogP contribution >= 0.6 is 23.1 Å². The molecule has 1 aromatic heterocycles. The molecule has 0 aliphatic carbocycles. The number of fused-ring (bicyclic) bond motifs is 1. The molecule has 3 rings (SSSR count). The molecular formula is C13H15ClN2S. The van der Waals surface area contributed by atoms with Gasteiger partial charge in [-0.1, -0.05) is 12.1 Å². The lowest BCUT2D eigenvalue weighted by molar-refractivity contribution is 0.444. The number of hydrogen-bond acceptors (Lipinski definition) is 3. The third-order valence-electron chi connectivity index (χ3n) is 3.48. The van der Waals surface area contributed by atoms with Gasteiger partial charge in [-0.05, 0) is 42.4 Å². The Balaban J connectivity index is 1.85. The molecule has 0 unspecified atom stereocenters. The van der Waals surface area contributed by atoms with Crippen LogP contribution in [-0.2, 0) is 0 Å². The van der Waals surface area contributed by atoms with Gasteiger partial charge >= 0.3 is 0 Å². The molecule has 17 heavy (non-hydrogen) atoms. The highest BCUT2D eigenvalue weighted by molar-refractivity contribution is 7.11. The van der Waals surface area contributed by atoms with Crippen LogP contribution in [0.4, 0.5) is 5.00 Å². The van der Waals surface area contributed by atoms with E-state index in [2.05, 4.69) is 27.5 Å². The Kier molecular flexibility index (Phi) is 3.21. The predicted octanol–water partition coefficient (Wildman–Crippen LogP) is 3.75. The summed E-state index contributed by atoms with van der Waals surface area (Å²) >= 11 is 7.54. The molecule has 0 atom stereocenters. The van der Waals surface area contributed by atoms with E-state index in [1.807, 2.05) is 6.07 Å². The highest BCUT2D eigenvalue weighted by atomic mass is 35.5. The van der Waals surface area contributed by atoms with Crippen molar-refractivity contribution in [2.45, 2.75) is 12.8 Å². The van der Waals surface area contributed by atoms with Crippen LogP contribution in [0.1, 0.15) is 12.8 Å². The van der Waals surface area contributed by atoms with Crippen molar-refractivity contribution in [3.63, 3.8) is 0 Å². The molecule has 0 saturated carbocycles. The molecule has 0 bridgehead atoms. The number of rotatable bonds is 2. The maximum atomic E-state index is 5.92. The van der Waals surface area contributed by atoms with Gasteiger partial charge in [-0.3, -0.25) is 0 Å². The molecule has 1 aliphatic rings. The minimum Gasteiger partial charge on any atom is -0.362 e. The monoisotopic (exact) mass is 266 g/mol. The van der Waals surface area contributed by atoms with Crippen LogP contribution in [0.3, 0.4) is 0 Å². The largest absolute Gasteiger partial charge is 0.362 e. The zero-order valence-corrected chi connectivity index (χ0v) is 11.2. The van der Waals surface area contributed by atoms with Gasteiger partial charge in [0.05, 0.1) is 5.52 Å². The van der Waals surface area contributed by atoms with Crippen LogP contribution in [0.2, 0.25) is 0 Å². The van der Waals surface area contributed by atoms with Gasteiger partial charge in [-0.25, -0.2) is 0 Å². The average Bonchev–Trinajstić information content (AvgIpc) is 2.83.